The standard InChI is InChI=1S/C12H17N3/c1-13-12(14-2)15-10-6-9-11-7-4-3-5-8-11/h3-9H,10H2,1-2H3,(H2,13,14,15)/b9-6+. The number of rotatable bonds is 3. The zero-order valence-corrected chi connectivity index (χ0v) is 9.20. The number of hydrogen-bond acceptors (Lipinski definition) is 1. The van der Waals surface area contributed by atoms with Gasteiger partial charge in [0.2, 0.25) is 0 Å². The average molecular weight is 203 g/mol. The molecule has 1 aromatic rings. The third-order valence-electron chi connectivity index (χ3n) is 1.96. The van der Waals surface area contributed by atoms with E-state index in [0.29, 0.717) is 0 Å². The van der Waals surface area contributed by atoms with Crippen LogP contribution in [0.2, 0.25) is 0 Å². The summed E-state index contributed by atoms with van der Waals surface area (Å²) in [7, 11) is 3.59. The van der Waals surface area contributed by atoms with Crippen molar-refractivity contribution in [2.45, 2.75) is 0 Å². The fourth-order valence-electron chi connectivity index (χ4n) is 1.19. The molecule has 2 N–H and O–H groups in total. The van der Waals surface area contributed by atoms with Crippen molar-refractivity contribution in [1.29, 1.82) is 0 Å². The molecule has 1 aromatic carbocycles. The molecular formula is C12H17N3. The summed E-state index contributed by atoms with van der Waals surface area (Å²) >= 11 is 0. The summed E-state index contributed by atoms with van der Waals surface area (Å²) in [4.78, 5) is 4.01. The van der Waals surface area contributed by atoms with E-state index in [1.165, 1.54) is 5.56 Å². The lowest BCUT2D eigenvalue weighted by Crippen LogP contribution is -2.34. The Labute approximate surface area is 90.9 Å². The molecule has 0 aliphatic rings. The Bertz CT molecular complexity index is 328. The summed E-state index contributed by atoms with van der Waals surface area (Å²) < 4.78 is 0. The lowest BCUT2D eigenvalue weighted by Gasteiger charge is -2.04. The molecule has 0 fully saturated rings. The Balaban J connectivity index is 2.35. The van der Waals surface area contributed by atoms with Crippen molar-refractivity contribution >= 4 is 12.0 Å². The van der Waals surface area contributed by atoms with E-state index in [2.05, 4.69) is 39.9 Å². The van der Waals surface area contributed by atoms with Gasteiger partial charge in [-0.05, 0) is 5.56 Å². The monoisotopic (exact) mass is 203 g/mol. The average Bonchev–Trinajstić information content (AvgIpc) is 2.31. The topological polar surface area (TPSA) is 36.4 Å². The molecule has 3 heteroatoms. The number of nitrogens with one attached hydrogen (secondary N) is 2. The van der Waals surface area contributed by atoms with Crippen molar-refractivity contribution in [2.24, 2.45) is 4.99 Å². The van der Waals surface area contributed by atoms with Gasteiger partial charge in [-0.1, -0.05) is 42.5 Å². The normalized spacial score (nSPS) is 11.7. The molecule has 0 saturated heterocycles. The highest BCUT2D eigenvalue weighted by Crippen LogP contribution is 1.99. The van der Waals surface area contributed by atoms with Gasteiger partial charge < -0.3 is 10.6 Å². The SMILES string of the molecule is CN=C(NC)NC/C=C/c1ccccc1. The van der Waals surface area contributed by atoms with Gasteiger partial charge in [-0.3, -0.25) is 4.99 Å². The molecule has 80 valence electrons. The van der Waals surface area contributed by atoms with Crippen LogP contribution in [0.5, 0.6) is 0 Å². The molecule has 0 amide bonds. The van der Waals surface area contributed by atoms with Crippen LogP contribution in [0.15, 0.2) is 41.4 Å². The lowest BCUT2D eigenvalue weighted by atomic mass is 10.2. The first-order valence-electron chi connectivity index (χ1n) is 4.97. The Kier molecular flexibility index (Phi) is 5.01. The Hall–Kier alpha value is -1.77. The number of guanidine groups is 1. The fraction of sp³-hybridized carbons (Fsp3) is 0.250. The van der Waals surface area contributed by atoms with Crippen molar-refractivity contribution in [1.82, 2.24) is 10.6 Å². The highest BCUT2D eigenvalue weighted by atomic mass is 15.1. The first kappa shape index (κ1) is 11.3. The van der Waals surface area contributed by atoms with Gasteiger partial charge in [-0.15, -0.1) is 0 Å². The van der Waals surface area contributed by atoms with Gasteiger partial charge in [0.15, 0.2) is 5.96 Å². The van der Waals surface area contributed by atoms with Crippen LogP contribution in [0.3, 0.4) is 0 Å². The van der Waals surface area contributed by atoms with Gasteiger partial charge in [0.05, 0.1) is 0 Å². The molecular weight excluding hydrogens is 186 g/mol. The third-order valence-corrected chi connectivity index (χ3v) is 1.96. The summed E-state index contributed by atoms with van der Waals surface area (Å²) in [5.41, 5.74) is 1.21. The summed E-state index contributed by atoms with van der Waals surface area (Å²) in [6, 6.07) is 10.2. The van der Waals surface area contributed by atoms with E-state index >= 15 is 0 Å². The maximum Gasteiger partial charge on any atom is 0.190 e. The highest BCUT2D eigenvalue weighted by Gasteiger charge is 1.88. The van der Waals surface area contributed by atoms with Crippen molar-refractivity contribution in [3.8, 4) is 0 Å². The summed E-state index contributed by atoms with van der Waals surface area (Å²) in [5, 5.41) is 6.10. The van der Waals surface area contributed by atoms with E-state index < -0.39 is 0 Å². The molecule has 0 saturated carbocycles. The Morgan fingerprint density at radius 1 is 1.33 bits per heavy atom. The zero-order chi connectivity index (χ0) is 10.9. The summed E-state index contributed by atoms with van der Waals surface area (Å²) in [6.07, 6.45) is 4.15. The Morgan fingerprint density at radius 3 is 2.67 bits per heavy atom. The molecule has 0 aliphatic carbocycles. The fourth-order valence-corrected chi connectivity index (χ4v) is 1.19. The molecule has 0 spiro atoms. The van der Waals surface area contributed by atoms with Crippen molar-refractivity contribution in [3.05, 3.63) is 42.0 Å². The minimum absolute atomic E-state index is 0.766. The van der Waals surface area contributed by atoms with Gasteiger partial charge in [-0.25, -0.2) is 0 Å². The predicted octanol–water partition coefficient (Wildman–Crippen LogP) is 1.49. The number of nitrogens with zero attached hydrogens (tertiary/aromatic N) is 1. The van der Waals surface area contributed by atoms with E-state index in [-0.39, 0.29) is 0 Å². The van der Waals surface area contributed by atoms with Gasteiger partial charge in [0, 0.05) is 20.6 Å². The van der Waals surface area contributed by atoms with E-state index in [0.717, 1.165) is 12.5 Å². The quantitative estimate of drug-likeness (QED) is 0.577. The first-order valence-corrected chi connectivity index (χ1v) is 4.97. The van der Waals surface area contributed by atoms with Gasteiger partial charge in [0.25, 0.3) is 0 Å². The first-order chi connectivity index (χ1) is 7.36. The van der Waals surface area contributed by atoms with Crippen LogP contribution >= 0.6 is 0 Å². The van der Waals surface area contributed by atoms with Crippen LogP contribution in [0, 0.1) is 0 Å². The van der Waals surface area contributed by atoms with E-state index in [1.54, 1.807) is 7.05 Å². The molecule has 0 radical (unpaired) electrons. The van der Waals surface area contributed by atoms with Crippen LogP contribution < -0.4 is 10.6 Å². The molecule has 3 nitrogen and oxygen atoms in total. The second kappa shape index (κ2) is 6.65. The number of aliphatic imine (C=N–C) groups is 1. The van der Waals surface area contributed by atoms with Gasteiger partial charge in [-0.2, -0.15) is 0 Å². The second-order valence-corrected chi connectivity index (χ2v) is 3.02. The maximum absolute atomic E-state index is 4.01. The minimum atomic E-state index is 0.766. The van der Waals surface area contributed by atoms with Crippen molar-refractivity contribution < 1.29 is 0 Å². The van der Waals surface area contributed by atoms with Gasteiger partial charge >= 0.3 is 0 Å². The van der Waals surface area contributed by atoms with E-state index in [9.17, 15) is 0 Å². The van der Waals surface area contributed by atoms with Crippen LogP contribution in [0.25, 0.3) is 6.08 Å². The van der Waals surface area contributed by atoms with E-state index in [1.807, 2.05) is 25.2 Å². The summed E-state index contributed by atoms with van der Waals surface area (Å²) in [5.74, 6) is 0.799. The largest absolute Gasteiger partial charge is 0.359 e. The highest BCUT2D eigenvalue weighted by molar-refractivity contribution is 5.79. The van der Waals surface area contributed by atoms with E-state index in [4.69, 9.17) is 0 Å². The predicted molar refractivity (Wildman–Crippen MR) is 65.9 cm³/mol. The van der Waals surface area contributed by atoms with Crippen molar-refractivity contribution in [2.75, 3.05) is 20.6 Å². The van der Waals surface area contributed by atoms with Gasteiger partial charge in [0.1, 0.15) is 0 Å². The molecule has 1 rings (SSSR count). The van der Waals surface area contributed by atoms with Crippen LogP contribution in [-0.2, 0) is 0 Å². The number of benzene rings is 1. The maximum atomic E-state index is 4.01. The molecule has 0 aromatic heterocycles. The van der Waals surface area contributed by atoms with Crippen LogP contribution in [0.1, 0.15) is 5.56 Å². The minimum Gasteiger partial charge on any atom is -0.359 e. The molecule has 0 aliphatic heterocycles. The molecule has 15 heavy (non-hydrogen) atoms. The van der Waals surface area contributed by atoms with Crippen molar-refractivity contribution in [3.63, 3.8) is 0 Å². The third kappa shape index (κ3) is 4.31. The Morgan fingerprint density at radius 2 is 2.07 bits per heavy atom. The zero-order valence-electron chi connectivity index (χ0n) is 9.20. The van der Waals surface area contributed by atoms with Crippen LogP contribution in [-0.4, -0.2) is 26.6 Å². The molecule has 0 heterocycles. The molecule has 0 atom stereocenters. The smallest absolute Gasteiger partial charge is 0.190 e. The molecule has 0 unspecified atom stereocenters. The summed E-state index contributed by atoms with van der Waals surface area (Å²) in [6.45, 7) is 0.766. The lowest BCUT2D eigenvalue weighted by molar-refractivity contribution is 0.953. The number of hydrogen-bond donors (Lipinski definition) is 2. The molecule has 0 bridgehead atoms. The second-order valence-electron chi connectivity index (χ2n) is 3.02. The van der Waals surface area contributed by atoms with Crippen LogP contribution in [0.4, 0.5) is 0 Å².